The molecular weight excluding hydrogens is 367 g/mol. The first-order chi connectivity index (χ1) is 11.7. The van der Waals surface area contributed by atoms with E-state index in [9.17, 15) is 17.6 Å². The van der Waals surface area contributed by atoms with Gasteiger partial charge in [0, 0.05) is 13.0 Å². The largest absolute Gasteiger partial charge is 0.324 e. The number of nitrogens with one attached hydrogen (secondary N) is 2. The van der Waals surface area contributed by atoms with Gasteiger partial charge < -0.3 is 5.32 Å². The van der Waals surface area contributed by atoms with E-state index >= 15 is 0 Å². The highest BCUT2D eigenvalue weighted by atomic mass is 35.5. The molecule has 2 N–H and O–H groups in total. The minimum atomic E-state index is -3.71. The zero-order chi connectivity index (χ0) is 18.6. The van der Waals surface area contributed by atoms with E-state index in [4.69, 9.17) is 11.6 Å². The van der Waals surface area contributed by atoms with E-state index in [-0.39, 0.29) is 28.6 Å². The van der Waals surface area contributed by atoms with Crippen LogP contribution in [0.5, 0.6) is 0 Å². The van der Waals surface area contributed by atoms with Crippen LogP contribution in [0.1, 0.15) is 17.5 Å². The molecule has 0 atom stereocenters. The summed E-state index contributed by atoms with van der Waals surface area (Å²) in [6, 6.07) is 9.04. The van der Waals surface area contributed by atoms with Crippen LogP contribution in [-0.2, 0) is 14.8 Å². The lowest BCUT2D eigenvalue weighted by atomic mass is 10.1. The number of amides is 1. The van der Waals surface area contributed by atoms with Crippen LogP contribution in [0.2, 0.25) is 5.02 Å². The topological polar surface area (TPSA) is 75.3 Å². The van der Waals surface area contributed by atoms with Gasteiger partial charge in [0.25, 0.3) is 0 Å². The number of benzene rings is 2. The van der Waals surface area contributed by atoms with Crippen molar-refractivity contribution in [2.45, 2.75) is 25.2 Å². The zero-order valence-electron chi connectivity index (χ0n) is 13.8. The van der Waals surface area contributed by atoms with Gasteiger partial charge in [-0.3, -0.25) is 4.79 Å². The number of sulfonamides is 1. The third kappa shape index (κ3) is 5.01. The Kier molecular flexibility index (Phi) is 6.16. The molecule has 5 nitrogen and oxygen atoms in total. The minimum absolute atomic E-state index is 0.0467. The number of anilines is 1. The Balaban J connectivity index is 1.94. The smallest absolute Gasteiger partial charge is 0.240 e. The predicted molar refractivity (Wildman–Crippen MR) is 95.8 cm³/mol. The summed E-state index contributed by atoms with van der Waals surface area (Å²) < 4.78 is 40.5. The summed E-state index contributed by atoms with van der Waals surface area (Å²) in [7, 11) is -3.71. The molecule has 0 aromatic heterocycles. The monoisotopic (exact) mass is 384 g/mol. The van der Waals surface area contributed by atoms with Gasteiger partial charge in [0.1, 0.15) is 0 Å². The molecule has 0 aliphatic carbocycles. The van der Waals surface area contributed by atoms with Crippen molar-refractivity contribution < 1.29 is 17.6 Å². The molecular formula is C17H18ClFN2O3S. The maximum Gasteiger partial charge on any atom is 0.240 e. The van der Waals surface area contributed by atoms with Gasteiger partial charge in [-0.2, -0.15) is 0 Å². The molecule has 0 fully saturated rings. The molecule has 0 aliphatic heterocycles. The molecule has 0 heterocycles. The van der Waals surface area contributed by atoms with E-state index in [2.05, 4.69) is 10.0 Å². The van der Waals surface area contributed by atoms with Crippen LogP contribution in [0.4, 0.5) is 10.1 Å². The fraction of sp³-hybridized carbons (Fsp3) is 0.235. The van der Waals surface area contributed by atoms with E-state index < -0.39 is 21.7 Å². The molecule has 2 aromatic carbocycles. The summed E-state index contributed by atoms with van der Waals surface area (Å²) in [4.78, 5) is 12.0. The van der Waals surface area contributed by atoms with Crippen LogP contribution in [0, 0.1) is 19.7 Å². The van der Waals surface area contributed by atoms with Crippen molar-refractivity contribution >= 4 is 33.2 Å². The molecule has 0 unspecified atom stereocenters. The van der Waals surface area contributed by atoms with Crippen molar-refractivity contribution in [1.82, 2.24) is 4.72 Å². The standard InChI is InChI=1S/C17H18ClFN2O3S/c1-11-6-7-13(10-12(11)2)25(23,24)20-9-8-16(22)21-15-5-3-4-14(18)17(15)19/h3-7,10,20H,8-9H2,1-2H3,(H,21,22). The van der Waals surface area contributed by atoms with Gasteiger partial charge in [-0.15, -0.1) is 0 Å². The second kappa shape index (κ2) is 7.95. The quantitative estimate of drug-likeness (QED) is 0.801. The third-order valence-corrected chi connectivity index (χ3v) is 5.41. The second-order valence-corrected chi connectivity index (χ2v) is 7.72. The van der Waals surface area contributed by atoms with Crippen LogP contribution in [0.15, 0.2) is 41.3 Å². The summed E-state index contributed by atoms with van der Waals surface area (Å²) in [5.41, 5.74) is 1.80. The first-order valence-corrected chi connectivity index (χ1v) is 9.37. The van der Waals surface area contributed by atoms with Crippen LogP contribution >= 0.6 is 11.6 Å². The molecule has 0 radical (unpaired) electrons. The molecule has 134 valence electrons. The van der Waals surface area contributed by atoms with E-state index in [1.807, 2.05) is 13.8 Å². The van der Waals surface area contributed by atoms with Crippen molar-refractivity contribution in [3.8, 4) is 0 Å². The Morgan fingerprint density at radius 2 is 1.88 bits per heavy atom. The van der Waals surface area contributed by atoms with Gasteiger partial charge in [-0.05, 0) is 49.2 Å². The van der Waals surface area contributed by atoms with Gasteiger partial charge in [-0.25, -0.2) is 17.5 Å². The lowest BCUT2D eigenvalue weighted by Gasteiger charge is -2.10. The lowest BCUT2D eigenvalue weighted by molar-refractivity contribution is -0.116. The molecule has 1 amide bonds. The third-order valence-electron chi connectivity index (χ3n) is 3.66. The molecule has 2 rings (SSSR count). The van der Waals surface area contributed by atoms with Crippen molar-refractivity contribution in [2.75, 3.05) is 11.9 Å². The molecule has 8 heteroatoms. The normalized spacial score (nSPS) is 11.4. The molecule has 0 aliphatic rings. The maximum absolute atomic E-state index is 13.7. The number of rotatable bonds is 6. The Hall–Kier alpha value is -1.96. The van der Waals surface area contributed by atoms with E-state index in [1.54, 1.807) is 12.1 Å². The Morgan fingerprint density at radius 3 is 2.56 bits per heavy atom. The van der Waals surface area contributed by atoms with Crippen molar-refractivity contribution in [1.29, 1.82) is 0 Å². The highest BCUT2D eigenvalue weighted by Gasteiger charge is 2.15. The first-order valence-electron chi connectivity index (χ1n) is 7.51. The summed E-state index contributed by atoms with van der Waals surface area (Å²) in [6.45, 7) is 3.60. The average molecular weight is 385 g/mol. The minimum Gasteiger partial charge on any atom is -0.324 e. The van der Waals surface area contributed by atoms with Gasteiger partial charge in [-0.1, -0.05) is 23.7 Å². The highest BCUT2D eigenvalue weighted by Crippen LogP contribution is 2.22. The number of halogens is 2. The summed E-state index contributed by atoms with van der Waals surface area (Å²) >= 11 is 5.64. The Bertz CT molecular complexity index is 901. The van der Waals surface area contributed by atoms with Gasteiger partial charge in [0.2, 0.25) is 15.9 Å². The summed E-state index contributed by atoms with van der Waals surface area (Å²) in [5.74, 6) is -1.25. The van der Waals surface area contributed by atoms with Crippen LogP contribution in [0.3, 0.4) is 0 Å². The van der Waals surface area contributed by atoms with E-state index in [0.717, 1.165) is 11.1 Å². The van der Waals surface area contributed by atoms with Crippen molar-refractivity contribution in [2.24, 2.45) is 0 Å². The number of hydrogen-bond acceptors (Lipinski definition) is 3. The Morgan fingerprint density at radius 1 is 1.16 bits per heavy atom. The number of carbonyl (C=O) groups excluding carboxylic acids is 1. The van der Waals surface area contributed by atoms with Crippen molar-refractivity contribution in [3.63, 3.8) is 0 Å². The second-order valence-electron chi connectivity index (χ2n) is 5.54. The first kappa shape index (κ1) is 19.4. The maximum atomic E-state index is 13.7. The van der Waals surface area contributed by atoms with Crippen LogP contribution in [-0.4, -0.2) is 20.9 Å². The Labute approximate surface area is 151 Å². The summed E-state index contributed by atoms with van der Waals surface area (Å²) in [6.07, 6.45) is -0.143. The average Bonchev–Trinajstić information content (AvgIpc) is 2.54. The summed E-state index contributed by atoms with van der Waals surface area (Å²) in [5, 5.41) is 2.26. The SMILES string of the molecule is Cc1ccc(S(=O)(=O)NCCC(=O)Nc2cccc(Cl)c2F)cc1C. The fourth-order valence-electron chi connectivity index (χ4n) is 2.08. The van der Waals surface area contributed by atoms with Crippen molar-refractivity contribution in [3.05, 3.63) is 58.4 Å². The lowest BCUT2D eigenvalue weighted by Crippen LogP contribution is -2.28. The number of hydrogen-bond donors (Lipinski definition) is 2. The molecule has 0 saturated heterocycles. The van der Waals surface area contributed by atoms with Gasteiger partial charge in [0.15, 0.2) is 5.82 Å². The molecule has 2 aromatic rings. The predicted octanol–water partition coefficient (Wildman–Crippen LogP) is 3.40. The van der Waals surface area contributed by atoms with E-state index in [1.165, 1.54) is 24.3 Å². The van der Waals surface area contributed by atoms with E-state index in [0.29, 0.717) is 0 Å². The van der Waals surface area contributed by atoms with Crippen LogP contribution in [0.25, 0.3) is 0 Å². The number of carbonyl (C=O) groups is 1. The van der Waals surface area contributed by atoms with Crippen LogP contribution < -0.4 is 10.0 Å². The number of aryl methyl sites for hydroxylation is 2. The molecule has 25 heavy (non-hydrogen) atoms. The fourth-order valence-corrected chi connectivity index (χ4v) is 3.37. The zero-order valence-corrected chi connectivity index (χ0v) is 15.3. The molecule has 0 bridgehead atoms. The van der Waals surface area contributed by atoms with Gasteiger partial charge in [0.05, 0.1) is 15.6 Å². The highest BCUT2D eigenvalue weighted by molar-refractivity contribution is 7.89. The van der Waals surface area contributed by atoms with Gasteiger partial charge >= 0.3 is 0 Å². The molecule has 0 spiro atoms. The molecule has 0 saturated carbocycles.